The third-order valence-electron chi connectivity index (χ3n) is 5.35. The second-order valence-corrected chi connectivity index (χ2v) is 8.77. The Hall–Kier alpha value is -2.76. The van der Waals surface area contributed by atoms with Crippen LogP contribution in [-0.2, 0) is 11.2 Å². The highest BCUT2D eigenvalue weighted by Gasteiger charge is 2.29. The number of ketones is 2. The Balaban J connectivity index is 1.40. The predicted molar refractivity (Wildman–Crippen MR) is 116 cm³/mol. The molecule has 0 amide bonds. The highest BCUT2D eigenvalue weighted by Crippen LogP contribution is 2.31. The number of rotatable bonds is 4. The molecule has 29 heavy (non-hydrogen) atoms. The number of carbonyl (C=O) groups excluding carboxylic acids is 2. The van der Waals surface area contributed by atoms with E-state index in [9.17, 15) is 9.59 Å². The summed E-state index contributed by atoms with van der Waals surface area (Å²) in [4.78, 5) is 29.6. The smallest absolute Gasteiger partial charge is 0.179 e. The van der Waals surface area contributed by atoms with Gasteiger partial charge < -0.3 is 4.57 Å². The van der Waals surface area contributed by atoms with Gasteiger partial charge in [0.05, 0.1) is 28.4 Å². The molecule has 6 heteroatoms. The van der Waals surface area contributed by atoms with Gasteiger partial charge in [-0.1, -0.05) is 29.8 Å². The van der Waals surface area contributed by atoms with Gasteiger partial charge in [0.25, 0.3) is 0 Å². The zero-order valence-corrected chi connectivity index (χ0v) is 17.0. The normalized spacial score (nSPS) is 16.2. The van der Waals surface area contributed by atoms with Crippen molar-refractivity contribution in [2.45, 2.75) is 25.3 Å². The fourth-order valence-corrected chi connectivity index (χ4v) is 5.03. The number of aromatic nitrogens is 2. The highest BCUT2D eigenvalue weighted by atomic mass is 35.5. The number of Topliss-reactive ketones (excluding diaryl/α,β-unsaturated/α-hetero) is 2. The standard InChI is InChI=1S/C23H17ClN2O2S/c24-16-6-3-14(4-7-16)15-5-8-17-22(12-15)29-23(25-17)13-21(28)19-9-10-20(27)18-2-1-11-26(18)19/h1-8,11-12,19H,9-10,13H2. The van der Waals surface area contributed by atoms with Crippen molar-refractivity contribution < 1.29 is 9.59 Å². The van der Waals surface area contributed by atoms with Gasteiger partial charge in [0.2, 0.25) is 0 Å². The Labute approximate surface area is 176 Å². The van der Waals surface area contributed by atoms with E-state index in [1.165, 1.54) is 0 Å². The number of hydrogen-bond donors (Lipinski definition) is 0. The molecule has 0 fully saturated rings. The van der Waals surface area contributed by atoms with Crippen molar-refractivity contribution in [2.75, 3.05) is 0 Å². The average Bonchev–Trinajstić information content (AvgIpc) is 3.35. The van der Waals surface area contributed by atoms with Crippen molar-refractivity contribution >= 4 is 44.7 Å². The predicted octanol–water partition coefficient (Wildman–Crippen LogP) is 5.75. The van der Waals surface area contributed by atoms with Crippen LogP contribution in [0.1, 0.15) is 34.4 Å². The number of hydrogen-bond acceptors (Lipinski definition) is 4. The molecule has 5 rings (SSSR count). The largest absolute Gasteiger partial charge is 0.335 e. The lowest BCUT2D eigenvalue weighted by molar-refractivity contribution is -0.121. The van der Waals surface area contributed by atoms with E-state index in [1.807, 2.05) is 53.2 Å². The van der Waals surface area contributed by atoms with E-state index in [4.69, 9.17) is 11.6 Å². The second-order valence-electron chi connectivity index (χ2n) is 7.22. The molecule has 4 nitrogen and oxygen atoms in total. The van der Waals surface area contributed by atoms with Gasteiger partial charge in [0, 0.05) is 17.6 Å². The summed E-state index contributed by atoms with van der Waals surface area (Å²) in [7, 11) is 0. The van der Waals surface area contributed by atoms with Gasteiger partial charge in [0.1, 0.15) is 5.01 Å². The summed E-state index contributed by atoms with van der Waals surface area (Å²) < 4.78 is 2.88. The van der Waals surface area contributed by atoms with E-state index in [2.05, 4.69) is 11.1 Å². The van der Waals surface area contributed by atoms with Crippen LogP contribution < -0.4 is 0 Å². The molecular formula is C23H17ClN2O2S. The van der Waals surface area contributed by atoms with Crippen LogP contribution in [0.3, 0.4) is 0 Å². The topological polar surface area (TPSA) is 52.0 Å². The van der Waals surface area contributed by atoms with Crippen molar-refractivity contribution in [3.63, 3.8) is 0 Å². The first kappa shape index (κ1) is 18.3. The average molecular weight is 421 g/mol. The Bertz CT molecular complexity index is 1240. The SMILES string of the molecule is O=C1CCC(C(=O)Cc2nc3ccc(-c4ccc(Cl)cc4)cc3s2)n2cccc21. The molecule has 0 N–H and O–H groups in total. The lowest BCUT2D eigenvalue weighted by atomic mass is 9.97. The van der Waals surface area contributed by atoms with Gasteiger partial charge in [0.15, 0.2) is 11.6 Å². The summed E-state index contributed by atoms with van der Waals surface area (Å²) in [6.07, 6.45) is 3.09. The Kier molecular flexibility index (Phi) is 4.57. The van der Waals surface area contributed by atoms with Gasteiger partial charge in [-0.3, -0.25) is 9.59 Å². The fraction of sp³-hybridized carbons (Fsp3) is 0.174. The Morgan fingerprint density at radius 3 is 2.76 bits per heavy atom. The van der Waals surface area contributed by atoms with Crippen molar-refractivity contribution in [2.24, 2.45) is 0 Å². The Morgan fingerprint density at radius 2 is 1.93 bits per heavy atom. The van der Waals surface area contributed by atoms with E-state index in [-0.39, 0.29) is 24.0 Å². The van der Waals surface area contributed by atoms with E-state index < -0.39 is 0 Å². The number of nitrogens with zero attached hydrogens (tertiary/aromatic N) is 2. The van der Waals surface area contributed by atoms with E-state index >= 15 is 0 Å². The molecule has 2 aromatic heterocycles. The first-order valence-corrected chi connectivity index (χ1v) is 10.7. The molecule has 1 unspecified atom stereocenters. The summed E-state index contributed by atoms with van der Waals surface area (Å²) in [5, 5.41) is 1.52. The van der Waals surface area contributed by atoms with Crippen LogP contribution in [0, 0.1) is 0 Å². The molecule has 144 valence electrons. The van der Waals surface area contributed by atoms with Crippen molar-refractivity contribution in [1.29, 1.82) is 0 Å². The van der Waals surface area contributed by atoms with Gasteiger partial charge in [-0.2, -0.15) is 0 Å². The molecule has 1 aliphatic heterocycles. The summed E-state index contributed by atoms with van der Waals surface area (Å²) >= 11 is 7.53. The quantitative estimate of drug-likeness (QED) is 0.422. The summed E-state index contributed by atoms with van der Waals surface area (Å²) in [6.45, 7) is 0. The van der Waals surface area contributed by atoms with Crippen LogP contribution in [0.5, 0.6) is 0 Å². The fourth-order valence-electron chi connectivity index (χ4n) is 3.89. The van der Waals surface area contributed by atoms with E-state index in [1.54, 1.807) is 17.4 Å². The van der Waals surface area contributed by atoms with E-state index in [0.29, 0.717) is 23.6 Å². The minimum absolute atomic E-state index is 0.104. The maximum atomic E-state index is 13.0. The first-order valence-electron chi connectivity index (χ1n) is 9.47. The number of benzene rings is 2. The molecule has 0 bridgehead atoms. The van der Waals surface area contributed by atoms with Crippen molar-refractivity contribution in [3.05, 3.63) is 76.5 Å². The number of halogens is 1. The minimum atomic E-state index is -0.283. The van der Waals surface area contributed by atoms with Gasteiger partial charge in [-0.15, -0.1) is 11.3 Å². The molecule has 0 radical (unpaired) electrons. The summed E-state index contributed by atoms with van der Waals surface area (Å²) in [5.74, 6) is 0.209. The first-order chi connectivity index (χ1) is 14.1. The molecule has 0 saturated carbocycles. The molecule has 1 aliphatic rings. The van der Waals surface area contributed by atoms with Crippen LogP contribution in [0.25, 0.3) is 21.3 Å². The highest BCUT2D eigenvalue weighted by molar-refractivity contribution is 7.18. The Morgan fingerprint density at radius 1 is 1.14 bits per heavy atom. The zero-order valence-electron chi connectivity index (χ0n) is 15.5. The molecular weight excluding hydrogens is 404 g/mol. The van der Waals surface area contributed by atoms with Crippen LogP contribution in [0.15, 0.2) is 60.8 Å². The third-order valence-corrected chi connectivity index (χ3v) is 6.62. The lowest BCUT2D eigenvalue weighted by Gasteiger charge is -2.24. The third kappa shape index (κ3) is 3.41. The monoisotopic (exact) mass is 420 g/mol. The second kappa shape index (κ2) is 7.25. The van der Waals surface area contributed by atoms with Crippen LogP contribution in [-0.4, -0.2) is 21.1 Å². The molecule has 4 aromatic rings. The number of fused-ring (bicyclic) bond motifs is 2. The summed E-state index contributed by atoms with van der Waals surface area (Å²) in [5.41, 5.74) is 3.72. The maximum absolute atomic E-state index is 13.0. The van der Waals surface area contributed by atoms with Crippen molar-refractivity contribution in [1.82, 2.24) is 9.55 Å². The molecule has 0 saturated heterocycles. The van der Waals surface area contributed by atoms with Crippen LogP contribution >= 0.6 is 22.9 Å². The molecule has 3 heterocycles. The lowest BCUT2D eigenvalue weighted by Crippen LogP contribution is -2.28. The van der Waals surface area contributed by atoms with Crippen molar-refractivity contribution in [3.8, 4) is 11.1 Å². The van der Waals surface area contributed by atoms with Crippen LogP contribution in [0.2, 0.25) is 5.02 Å². The zero-order chi connectivity index (χ0) is 20.0. The van der Waals surface area contributed by atoms with E-state index in [0.717, 1.165) is 26.4 Å². The molecule has 0 aliphatic carbocycles. The van der Waals surface area contributed by atoms with Gasteiger partial charge in [-0.05, 0) is 53.9 Å². The molecule has 2 aromatic carbocycles. The minimum Gasteiger partial charge on any atom is -0.335 e. The number of thiazole rings is 1. The van der Waals surface area contributed by atoms with Gasteiger partial charge in [-0.25, -0.2) is 4.98 Å². The maximum Gasteiger partial charge on any atom is 0.179 e. The number of carbonyl (C=O) groups is 2. The molecule has 0 spiro atoms. The summed E-state index contributed by atoms with van der Waals surface area (Å²) in [6, 6.07) is 17.2. The van der Waals surface area contributed by atoms with Crippen LogP contribution in [0.4, 0.5) is 0 Å². The van der Waals surface area contributed by atoms with Gasteiger partial charge >= 0.3 is 0 Å². The molecule has 1 atom stereocenters.